The summed E-state index contributed by atoms with van der Waals surface area (Å²) in [6.07, 6.45) is 0.476. The number of alkyl carbamates (subject to hydrolysis) is 1. The number of carbonyl (C=O) groups excluding carboxylic acids is 1. The van der Waals surface area contributed by atoms with Crippen LogP contribution in [0.15, 0.2) is 0 Å². The van der Waals surface area contributed by atoms with Crippen molar-refractivity contribution < 1.29 is 23.5 Å². The molecule has 216 valence electrons. The summed E-state index contributed by atoms with van der Waals surface area (Å²) in [6, 6.07) is -0.413. The molecule has 0 aliphatic carbocycles. The Labute approximate surface area is 225 Å². The highest BCUT2D eigenvalue weighted by Gasteiger charge is 2.45. The van der Waals surface area contributed by atoms with Gasteiger partial charge in [-0.1, -0.05) is 55.4 Å². The van der Waals surface area contributed by atoms with E-state index in [9.17, 15) is 9.90 Å². The van der Waals surface area contributed by atoms with Crippen molar-refractivity contribution in [2.75, 3.05) is 6.61 Å². The number of aliphatic hydroxyl groups excluding tert-OH is 1. The van der Waals surface area contributed by atoms with E-state index in [1.807, 2.05) is 27.7 Å². The molecule has 0 aliphatic heterocycles. The van der Waals surface area contributed by atoms with Gasteiger partial charge in [0.05, 0.1) is 18.2 Å². The molecule has 0 aromatic carbocycles. The number of nitrogens with one attached hydrogen (secondary N) is 1. The van der Waals surface area contributed by atoms with Crippen LogP contribution >= 0.6 is 0 Å². The summed E-state index contributed by atoms with van der Waals surface area (Å²) in [7, 11) is -4.34. The molecule has 2 N–H and O–H groups in total. The van der Waals surface area contributed by atoms with E-state index in [0.29, 0.717) is 12.3 Å². The maximum Gasteiger partial charge on any atom is 0.408 e. The van der Waals surface area contributed by atoms with Crippen molar-refractivity contribution in [3.8, 4) is 0 Å². The molecule has 0 bridgehead atoms. The molecule has 0 unspecified atom stereocenters. The highest BCUT2D eigenvalue weighted by atomic mass is 28.4. The van der Waals surface area contributed by atoms with Crippen LogP contribution in [0.3, 0.4) is 0 Å². The molecule has 36 heavy (non-hydrogen) atoms. The minimum absolute atomic E-state index is 0.00198. The number of hydrogen-bond acceptors (Lipinski definition) is 5. The van der Waals surface area contributed by atoms with Crippen LogP contribution in [-0.2, 0) is 13.6 Å². The van der Waals surface area contributed by atoms with Gasteiger partial charge < -0.3 is 24.0 Å². The van der Waals surface area contributed by atoms with Crippen LogP contribution in [-0.4, -0.2) is 58.3 Å². The predicted octanol–water partition coefficient (Wildman–Crippen LogP) is 7.73. The molecule has 0 spiro atoms. The predicted molar refractivity (Wildman–Crippen MR) is 158 cm³/mol. The van der Waals surface area contributed by atoms with Gasteiger partial charge in [-0.3, -0.25) is 0 Å². The van der Waals surface area contributed by atoms with Gasteiger partial charge in [-0.05, 0) is 88.6 Å². The molecule has 0 rings (SSSR count). The second-order valence-electron chi connectivity index (χ2n) is 15.1. The Bertz CT molecular complexity index is 675. The average Bonchev–Trinajstić information content (AvgIpc) is 2.60. The summed E-state index contributed by atoms with van der Waals surface area (Å²) < 4.78 is 19.5. The summed E-state index contributed by atoms with van der Waals surface area (Å²) in [4.78, 5) is 13.1. The molecule has 8 heteroatoms. The summed E-state index contributed by atoms with van der Waals surface area (Å²) in [6.45, 7) is 34.3. The van der Waals surface area contributed by atoms with E-state index in [-0.39, 0.29) is 34.8 Å². The molecule has 4 atom stereocenters. The number of aliphatic hydroxyl groups is 1. The van der Waals surface area contributed by atoms with Gasteiger partial charge in [0.1, 0.15) is 5.60 Å². The quantitative estimate of drug-likeness (QED) is 0.245. The number of carbonyl (C=O) groups is 1. The smallest absolute Gasteiger partial charge is 0.408 e. The molecule has 0 saturated heterocycles. The average molecular weight is 548 g/mol. The maximum absolute atomic E-state index is 13.1. The van der Waals surface area contributed by atoms with Gasteiger partial charge in [-0.2, -0.15) is 0 Å². The Morgan fingerprint density at radius 1 is 0.806 bits per heavy atom. The van der Waals surface area contributed by atoms with Gasteiger partial charge >= 0.3 is 6.09 Å². The molecule has 0 fully saturated rings. The van der Waals surface area contributed by atoms with Crippen molar-refractivity contribution in [3.05, 3.63) is 0 Å². The Balaban J connectivity index is 6.49. The van der Waals surface area contributed by atoms with E-state index in [0.717, 1.165) is 6.42 Å². The molecule has 0 heterocycles. The molecule has 0 aromatic rings. The first-order valence-electron chi connectivity index (χ1n) is 13.8. The summed E-state index contributed by atoms with van der Waals surface area (Å²) in [5.41, 5.74) is -0.612. The van der Waals surface area contributed by atoms with Gasteiger partial charge in [0.2, 0.25) is 0 Å². The van der Waals surface area contributed by atoms with E-state index in [1.165, 1.54) is 0 Å². The first kappa shape index (κ1) is 35.6. The van der Waals surface area contributed by atoms with Crippen molar-refractivity contribution in [2.24, 2.45) is 11.8 Å². The summed E-state index contributed by atoms with van der Waals surface area (Å²) in [5, 5.41) is 13.4. The van der Waals surface area contributed by atoms with E-state index >= 15 is 0 Å². The second kappa shape index (κ2) is 13.1. The largest absolute Gasteiger partial charge is 0.444 e. The monoisotopic (exact) mass is 547 g/mol. The molecule has 0 aromatic heterocycles. The topological polar surface area (TPSA) is 77.0 Å². The van der Waals surface area contributed by atoms with Gasteiger partial charge in [0, 0.05) is 6.61 Å². The third-order valence-corrected chi connectivity index (χ3v) is 16.8. The Morgan fingerprint density at radius 2 is 1.25 bits per heavy atom. The van der Waals surface area contributed by atoms with E-state index in [1.54, 1.807) is 0 Å². The first-order valence-corrected chi connectivity index (χ1v) is 19.6. The SMILES string of the molecule is CC(C)C[C@@H](CO)C[C@H](O[Si](C)(C)C(C)(C)C)[C@@H](NC(=O)OC(C)(C)C)[C@@H](C)O[Si](C)(C)C(C)(C)C. The van der Waals surface area contributed by atoms with E-state index < -0.39 is 34.4 Å². The standard InChI is InChI=1S/C28H61NO5Si2/c1-20(2)17-22(19-30)18-23(34-36(15,16)28(10,11)12)24(29-25(31)32-26(4,5)6)21(3)33-35(13,14)27(7,8)9/h20-24,30H,17-19H2,1-16H3,(H,29,31)/t21-,22-,23+,24+/m1/s1. The molecule has 0 aliphatic rings. The first-order chi connectivity index (χ1) is 15.8. The zero-order valence-corrected chi connectivity index (χ0v) is 28.6. The van der Waals surface area contributed by atoms with Gasteiger partial charge in [0.25, 0.3) is 0 Å². The number of rotatable bonds is 12. The highest BCUT2D eigenvalue weighted by molar-refractivity contribution is 6.74. The third-order valence-electron chi connectivity index (χ3n) is 7.76. The van der Waals surface area contributed by atoms with Crippen molar-refractivity contribution in [1.82, 2.24) is 5.32 Å². The number of ether oxygens (including phenoxy) is 1. The lowest BCUT2D eigenvalue weighted by Crippen LogP contribution is -2.59. The normalized spacial score (nSPS) is 17.5. The van der Waals surface area contributed by atoms with Crippen LogP contribution in [0.4, 0.5) is 4.79 Å². The minimum Gasteiger partial charge on any atom is -0.444 e. The lowest BCUT2D eigenvalue weighted by molar-refractivity contribution is 0.0150. The molecule has 1 amide bonds. The highest BCUT2D eigenvalue weighted by Crippen LogP contribution is 2.41. The summed E-state index contributed by atoms with van der Waals surface area (Å²) in [5.74, 6) is 0.525. The fourth-order valence-electron chi connectivity index (χ4n) is 3.73. The molecular weight excluding hydrogens is 486 g/mol. The zero-order chi connectivity index (χ0) is 28.9. The molecule has 0 saturated carbocycles. The van der Waals surface area contributed by atoms with Crippen LogP contribution < -0.4 is 5.32 Å². The van der Waals surface area contributed by atoms with Crippen molar-refractivity contribution in [3.63, 3.8) is 0 Å². The number of amides is 1. The molecule has 0 radical (unpaired) electrons. The zero-order valence-electron chi connectivity index (χ0n) is 26.6. The fraction of sp³-hybridized carbons (Fsp3) is 0.964. The Morgan fingerprint density at radius 3 is 1.61 bits per heavy atom. The van der Waals surface area contributed by atoms with Gasteiger partial charge in [-0.25, -0.2) is 4.79 Å². The van der Waals surface area contributed by atoms with Crippen molar-refractivity contribution >= 4 is 22.7 Å². The van der Waals surface area contributed by atoms with Crippen LogP contribution in [0.1, 0.15) is 95.9 Å². The van der Waals surface area contributed by atoms with Gasteiger partial charge in [0.15, 0.2) is 16.6 Å². The molecular formula is C28H61NO5Si2. The summed E-state index contributed by atoms with van der Waals surface area (Å²) >= 11 is 0. The Kier molecular flexibility index (Phi) is 12.9. The van der Waals surface area contributed by atoms with Crippen LogP contribution in [0.2, 0.25) is 36.3 Å². The van der Waals surface area contributed by atoms with Crippen molar-refractivity contribution in [1.29, 1.82) is 0 Å². The van der Waals surface area contributed by atoms with Gasteiger partial charge in [-0.15, -0.1) is 0 Å². The van der Waals surface area contributed by atoms with E-state index in [2.05, 4.69) is 86.9 Å². The maximum atomic E-state index is 13.1. The Hall–Kier alpha value is -0.416. The lowest BCUT2D eigenvalue weighted by atomic mass is 9.89. The third kappa shape index (κ3) is 12.0. The van der Waals surface area contributed by atoms with Crippen LogP contribution in [0.5, 0.6) is 0 Å². The second-order valence-corrected chi connectivity index (χ2v) is 24.6. The van der Waals surface area contributed by atoms with Crippen LogP contribution in [0.25, 0.3) is 0 Å². The lowest BCUT2D eigenvalue weighted by Gasteiger charge is -2.46. The fourth-order valence-corrected chi connectivity index (χ4v) is 6.52. The van der Waals surface area contributed by atoms with Crippen LogP contribution in [0, 0.1) is 11.8 Å². The van der Waals surface area contributed by atoms with Crippen molar-refractivity contribution in [2.45, 2.75) is 156 Å². The molecule has 6 nitrogen and oxygen atoms in total. The number of hydrogen-bond donors (Lipinski definition) is 2. The minimum atomic E-state index is -2.21. The van der Waals surface area contributed by atoms with E-state index in [4.69, 9.17) is 13.6 Å².